The molecule has 0 saturated carbocycles. The molecular weight excluding hydrogens is 202 g/mol. The molecule has 0 saturated heterocycles. The van der Waals surface area contributed by atoms with Crippen molar-refractivity contribution in [3.63, 3.8) is 0 Å². The van der Waals surface area contributed by atoms with Crippen LogP contribution < -0.4 is 5.32 Å². The number of hydrogen-bond donors (Lipinski definition) is 1. The largest absolute Gasteiger partial charge is 0.382 e. The molecule has 0 unspecified atom stereocenters. The van der Waals surface area contributed by atoms with Gasteiger partial charge in [0, 0.05) is 16.6 Å². The Kier molecular flexibility index (Phi) is 5.03. The van der Waals surface area contributed by atoms with E-state index >= 15 is 0 Å². The normalized spacial score (nSPS) is 14.7. The van der Waals surface area contributed by atoms with E-state index in [4.69, 9.17) is 0 Å². The van der Waals surface area contributed by atoms with E-state index in [-0.39, 0.29) is 0 Å². The average Bonchev–Trinajstić information content (AvgIpc) is 2.28. The highest BCUT2D eigenvalue weighted by molar-refractivity contribution is 7.98. The zero-order valence-corrected chi connectivity index (χ0v) is 10.9. The minimum Gasteiger partial charge on any atom is -0.382 e. The molecule has 2 heteroatoms. The van der Waals surface area contributed by atoms with Crippen molar-refractivity contribution in [1.29, 1.82) is 0 Å². The predicted molar refractivity (Wildman–Crippen MR) is 70.8 cm³/mol. The van der Waals surface area contributed by atoms with Crippen molar-refractivity contribution in [3.05, 3.63) is 24.3 Å². The lowest BCUT2D eigenvalue weighted by molar-refractivity contribution is 0.494. The van der Waals surface area contributed by atoms with E-state index in [1.807, 2.05) is 0 Å². The molecule has 1 N–H and O–H groups in total. The fraction of sp³-hybridized carbons (Fsp3) is 0.538. The molecule has 0 aliphatic carbocycles. The predicted octanol–water partition coefficient (Wildman–Crippen LogP) is 4.26. The fourth-order valence-corrected chi connectivity index (χ4v) is 1.93. The number of hydrogen-bond acceptors (Lipinski definition) is 2. The van der Waals surface area contributed by atoms with Gasteiger partial charge in [-0.1, -0.05) is 26.3 Å². The van der Waals surface area contributed by atoms with Gasteiger partial charge < -0.3 is 5.32 Å². The van der Waals surface area contributed by atoms with E-state index in [0.717, 1.165) is 0 Å². The van der Waals surface area contributed by atoms with Crippen molar-refractivity contribution in [1.82, 2.24) is 0 Å². The van der Waals surface area contributed by atoms with Crippen molar-refractivity contribution < 1.29 is 0 Å². The van der Waals surface area contributed by atoms with Gasteiger partial charge in [-0.15, -0.1) is 11.8 Å². The Hall–Kier alpha value is -0.630. The second kappa shape index (κ2) is 6.06. The topological polar surface area (TPSA) is 12.0 Å². The van der Waals surface area contributed by atoms with Gasteiger partial charge in [-0.3, -0.25) is 0 Å². The monoisotopic (exact) mass is 223 g/mol. The molecule has 0 radical (unpaired) electrons. The van der Waals surface area contributed by atoms with Gasteiger partial charge in [0.25, 0.3) is 0 Å². The number of nitrogens with one attached hydrogen (secondary N) is 1. The summed E-state index contributed by atoms with van der Waals surface area (Å²) in [6.07, 6.45) is 3.33. The first-order valence-corrected chi connectivity index (χ1v) is 6.80. The first-order valence-electron chi connectivity index (χ1n) is 5.58. The Balaban J connectivity index is 2.63. The lowest BCUT2D eigenvalue weighted by atomic mass is 10.0. The summed E-state index contributed by atoms with van der Waals surface area (Å²) >= 11 is 1.78. The molecule has 1 aromatic rings. The third kappa shape index (κ3) is 3.78. The molecule has 0 amide bonds. The summed E-state index contributed by atoms with van der Waals surface area (Å²) in [7, 11) is 0. The Morgan fingerprint density at radius 1 is 1.33 bits per heavy atom. The van der Waals surface area contributed by atoms with Crippen molar-refractivity contribution in [3.8, 4) is 0 Å². The van der Waals surface area contributed by atoms with Crippen LogP contribution >= 0.6 is 11.8 Å². The molecule has 0 heterocycles. The van der Waals surface area contributed by atoms with Crippen molar-refractivity contribution >= 4 is 17.4 Å². The van der Waals surface area contributed by atoms with E-state index in [1.165, 1.54) is 17.0 Å². The molecular formula is C13H21NS. The van der Waals surface area contributed by atoms with Gasteiger partial charge in [-0.25, -0.2) is 0 Å². The summed E-state index contributed by atoms with van der Waals surface area (Å²) in [6.45, 7) is 6.77. The Labute approximate surface area is 97.7 Å². The minimum atomic E-state index is 0.534. The molecule has 1 aromatic carbocycles. The number of thioether (sulfide) groups is 1. The highest BCUT2D eigenvalue weighted by Gasteiger charge is 2.09. The maximum atomic E-state index is 3.55. The molecule has 0 aliphatic rings. The fourth-order valence-electron chi connectivity index (χ4n) is 1.47. The van der Waals surface area contributed by atoms with Gasteiger partial charge in [0.15, 0.2) is 0 Å². The summed E-state index contributed by atoms with van der Waals surface area (Å²) < 4.78 is 0. The summed E-state index contributed by atoms with van der Waals surface area (Å²) in [6, 6.07) is 9.13. The van der Waals surface area contributed by atoms with Crippen LogP contribution in [-0.4, -0.2) is 12.3 Å². The van der Waals surface area contributed by atoms with E-state index < -0.39 is 0 Å². The number of rotatable bonds is 5. The van der Waals surface area contributed by atoms with Crippen LogP contribution in [0.4, 0.5) is 5.69 Å². The van der Waals surface area contributed by atoms with Crippen molar-refractivity contribution in [2.24, 2.45) is 5.92 Å². The lowest BCUT2D eigenvalue weighted by Gasteiger charge is -2.21. The molecule has 84 valence electrons. The second-order valence-electron chi connectivity index (χ2n) is 4.05. The van der Waals surface area contributed by atoms with Gasteiger partial charge in [-0.05, 0) is 37.3 Å². The third-order valence-electron chi connectivity index (χ3n) is 2.96. The minimum absolute atomic E-state index is 0.534. The smallest absolute Gasteiger partial charge is 0.0353 e. The summed E-state index contributed by atoms with van der Waals surface area (Å²) in [5.41, 5.74) is 1.23. The van der Waals surface area contributed by atoms with E-state index in [9.17, 15) is 0 Å². The molecule has 1 nitrogen and oxygen atoms in total. The van der Waals surface area contributed by atoms with Gasteiger partial charge >= 0.3 is 0 Å². The maximum absolute atomic E-state index is 3.55. The molecule has 0 fully saturated rings. The van der Waals surface area contributed by atoms with Gasteiger partial charge in [0.1, 0.15) is 0 Å². The van der Waals surface area contributed by atoms with Gasteiger partial charge in [0.2, 0.25) is 0 Å². The molecule has 2 atom stereocenters. The maximum Gasteiger partial charge on any atom is 0.0353 e. The highest BCUT2D eigenvalue weighted by Crippen LogP contribution is 2.21. The van der Waals surface area contributed by atoms with Crippen LogP contribution in [-0.2, 0) is 0 Å². The van der Waals surface area contributed by atoms with Crippen LogP contribution in [0.3, 0.4) is 0 Å². The zero-order chi connectivity index (χ0) is 11.3. The third-order valence-corrected chi connectivity index (χ3v) is 3.69. The van der Waals surface area contributed by atoms with Crippen LogP contribution in [0.5, 0.6) is 0 Å². The van der Waals surface area contributed by atoms with Gasteiger partial charge in [-0.2, -0.15) is 0 Å². The molecule has 0 aromatic heterocycles. The Bertz CT molecular complexity index is 298. The lowest BCUT2D eigenvalue weighted by Crippen LogP contribution is -2.23. The Morgan fingerprint density at radius 2 is 2.07 bits per heavy atom. The standard InChI is InChI=1S/C13H21NS/c1-5-10(2)11(3)14-12-7-6-8-13(9-12)15-4/h6-11,14H,5H2,1-4H3/t10-,11-/m0/s1. The molecule has 0 bridgehead atoms. The van der Waals surface area contributed by atoms with E-state index in [2.05, 4.69) is 56.6 Å². The summed E-state index contributed by atoms with van der Waals surface area (Å²) in [5.74, 6) is 0.711. The summed E-state index contributed by atoms with van der Waals surface area (Å²) in [4.78, 5) is 1.32. The SMILES string of the molecule is CC[C@H](C)[C@H](C)Nc1cccc(SC)c1. The van der Waals surface area contributed by atoms with Crippen LogP contribution in [0.15, 0.2) is 29.2 Å². The molecule has 0 spiro atoms. The number of benzene rings is 1. The highest BCUT2D eigenvalue weighted by atomic mass is 32.2. The quantitative estimate of drug-likeness (QED) is 0.749. The Morgan fingerprint density at radius 3 is 2.67 bits per heavy atom. The van der Waals surface area contributed by atoms with Crippen LogP contribution in [0.1, 0.15) is 27.2 Å². The first kappa shape index (κ1) is 12.4. The van der Waals surface area contributed by atoms with Crippen LogP contribution in [0, 0.1) is 5.92 Å². The van der Waals surface area contributed by atoms with Crippen LogP contribution in [0.2, 0.25) is 0 Å². The summed E-state index contributed by atoms with van der Waals surface area (Å²) in [5, 5.41) is 3.55. The van der Waals surface area contributed by atoms with Gasteiger partial charge in [0.05, 0.1) is 0 Å². The van der Waals surface area contributed by atoms with Crippen molar-refractivity contribution in [2.45, 2.75) is 38.1 Å². The molecule has 15 heavy (non-hydrogen) atoms. The average molecular weight is 223 g/mol. The van der Waals surface area contributed by atoms with E-state index in [1.54, 1.807) is 11.8 Å². The second-order valence-corrected chi connectivity index (χ2v) is 4.93. The molecule has 0 aliphatic heterocycles. The first-order chi connectivity index (χ1) is 7.17. The van der Waals surface area contributed by atoms with E-state index in [0.29, 0.717) is 12.0 Å². The zero-order valence-electron chi connectivity index (χ0n) is 10.1. The number of anilines is 1. The van der Waals surface area contributed by atoms with Crippen LogP contribution in [0.25, 0.3) is 0 Å². The van der Waals surface area contributed by atoms with Crippen molar-refractivity contribution in [2.75, 3.05) is 11.6 Å². The molecule has 1 rings (SSSR count).